The van der Waals surface area contributed by atoms with Gasteiger partial charge in [0.05, 0.1) is 19.3 Å². The maximum atomic E-state index is 11.2. The van der Waals surface area contributed by atoms with Gasteiger partial charge in [-0.2, -0.15) is 13.3 Å². The highest BCUT2D eigenvalue weighted by Crippen LogP contribution is 2.37. The van der Waals surface area contributed by atoms with Crippen molar-refractivity contribution in [2.24, 2.45) is 5.92 Å². The molecule has 3 heterocycles. The Morgan fingerprint density at radius 3 is 2.45 bits per heavy atom. The van der Waals surface area contributed by atoms with Crippen LogP contribution in [0.2, 0.25) is 0 Å². The topological polar surface area (TPSA) is 189 Å². The molecule has 0 aromatic carbocycles. The van der Waals surface area contributed by atoms with E-state index in [1.165, 1.54) is 7.11 Å². The van der Waals surface area contributed by atoms with E-state index in [1.54, 1.807) is 6.92 Å². The zero-order chi connectivity index (χ0) is 21.3. The Hall–Kier alpha value is -0.530. The van der Waals surface area contributed by atoms with E-state index in [1.807, 2.05) is 0 Å². The van der Waals surface area contributed by atoms with Gasteiger partial charge < -0.3 is 33.9 Å². The molecule has 10 atom stereocenters. The minimum absolute atomic E-state index is 0.00309. The lowest BCUT2D eigenvalue weighted by molar-refractivity contribution is -0.531. The molecule has 0 radical (unpaired) electrons. The lowest BCUT2D eigenvalue weighted by Crippen LogP contribution is -2.61. The molecule has 0 aromatic heterocycles. The molecule has 5 unspecified atom stereocenters. The number of rotatable bonds is 8. The molecule has 4 N–H and O–H groups in total. The van der Waals surface area contributed by atoms with Crippen molar-refractivity contribution in [1.82, 2.24) is 0 Å². The number of aliphatic hydroxyl groups excluding tert-OH is 2. The summed E-state index contributed by atoms with van der Waals surface area (Å²) in [6.07, 6.45) is -9.87. The summed E-state index contributed by atoms with van der Waals surface area (Å²) >= 11 is 0. The van der Waals surface area contributed by atoms with Crippen LogP contribution in [0.15, 0.2) is 0 Å². The monoisotopic (exact) mass is 448 g/mol. The summed E-state index contributed by atoms with van der Waals surface area (Å²) in [5.41, 5.74) is 0. The summed E-state index contributed by atoms with van der Waals surface area (Å²) in [6, 6.07) is 0. The lowest BCUT2D eigenvalue weighted by Gasteiger charge is -2.44. The molecule has 0 amide bonds. The predicted octanol–water partition coefficient (Wildman–Crippen LogP) is -2.17. The van der Waals surface area contributed by atoms with Crippen LogP contribution in [0.5, 0.6) is 0 Å². The van der Waals surface area contributed by atoms with Crippen molar-refractivity contribution >= 4 is 10.4 Å². The van der Waals surface area contributed by atoms with Crippen LogP contribution in [-0.2, 0) is 48.2 Å². The Bertz CT molecular complexity index is 644. The van der Waals surface area contributed by atoms with Gasteiger partial charge in [-0.1, -0.05) is 12.0 Å². The van der Waals surface area contributed by atoms with Gasteiger partial charge in [0.25, 0.3) is 0 Å². The standard InChI is InChI=1S/C14H24O14S/c1-5-8(16)6(3-15)23-14(9(5)26-28-17)25-10-7-4-22-11(10)12(13(21-2)24-7)27-29(18,19)20/h5-17H,3-4H2,1-2H3,(H,18,19,20)/t5?,6?,7?,8-,9?,10+,11?,12+,13+,14+/m1/s1. The van der Waals surface area contributed by atoms with E-state index < -0.39 is 78.2 Å². The molecule has 2 bridgehead atoms. The van der Waals surface area contributed by atoms with Crippen molar-refractivity contribution in [3.63, 3.8) is 0 Å². The third kappa shape index (κ3) is 4.87. The van der Waals surface area contributed by atoms with Gasteiger partial charge in [0.2, 0.25) is 0 Å². The highest BCUT2D eigenvalue weighted by molar-refractivity contribution is 7.80. The van der Waals surface area contributed by atoms with E-state index in [9.17, 15) is 18.6 Å². The van der Waals surface area contributed by atoms with Crippen LogP contribution in [0.4, 0.5) is 0 Å². The van der Waals surface area contributed by atoms with E-state index >= 15 is 0 Å². The van der Waals surface area contributed by atoms with Crippen LogP contribution in [0.1, 0.15) is 6.92 Å². The Labute approximate surface area is 165 Å². The summed E-state index contributed by atoms with van der Waals surface area (Å²) < 4.78 is 63.6. The first kappa shape index (κ1) is 23.1. The molecule has 170 valence electrons. The number of aliphatic hydroxyl groups is 2. The van der Waals surface area contributed by atoms with Gasteiger partial charge in [-0.15, -0.1) is 0 Å². The summed E-state index contributed by atoms with van der Waals surface area (Å²) in [6.45, 7) is 1.03. The minimum atomic E-state index is -4.87. The second kappa shape index (κ2) is 9.31. The zero-order valence-electron chi connectivity index (χ0n) is 15.5. The SMILES string of the molecule is CO[C@H]1OC2COC([C@H]2O[C@@H]2OC(CO)[C@H](O)C(C)C2OOO)[C@@H]1OS(=O)(=O)O. The van der Waals surface area contributed by atoms with Gasteiger partial charge in [-0.05, 0) is 0 Å². The van der Waals surface area contributed by atoms with Crippen molar-refractivity contribution in [3.05, 3.63) is 0 Å². The van der Waals surface area contributed by atoms with Gasteiger partial charge in [-0.25, -0.2) is 9.44 Å². The maximum Gasteiger partial charge on any atom is 0.397 e. The first-order valence-corrected chi connectivity index (χ1v) is 10.1. The first-order valence-electron chi connectivity index (χ1n) is 8.72. The van der Waals surface area contributed by atoms with Crippen LogP contribution < -0.4 is 0 Å². The van der Waals surface area contributed by atoms with Gasteiger partial charge in [0.1, 0.15) is 24.4 Å². The van der Waals surface area contributed by atoms with Gasteiger partial charge in [0, 0.05) is 13.0 Å². The Morgan fingerprint density at radius 2 is 1.86 bits per heavy atom. The fourth-order valence-electron chi connectivity index (χ4n) is 3.71. The molecule has 0 aliphatic carbocycles. The van der Waals surface area contributed by atoms with Gasteiger partial charge in [-0.3, -0.25) is 4.55 Å². The van der Waals surface area contributed by atoms with Crippen molar-refractivity contribution in [1.29, 1.82) is 0 Å². The van der Waals surface area contributed by atoms with Crippen molar-refractivity contribution in [3.8, 4) is 0 Å². The summed E-state index contributed by atoms with van der Waals surface area (Å²) in [4.78, 5) is 4.74. The molecule has 14 nitrogen and oxygen atoms in total. The second-order valence-electron chi connectivity index (χ2n) is 6.88. The third-order valence-corrected chi connectivity index (χ3v) is 5.61. The van der Waals surface area contributed by atoms with Crippen LogP contribution >= 0.6 is 0 Å². The second-order valence-corrected chi connectivity index (χ2v) is 7.92. The molecule has 3 rings (SSSR count). The number of fused-ring (bicyclic) bond motifs is 2. The van der Waals surface area contributed by atoms with Crippen molar-refractivity contribution in [2.75, 3.05) is 20.3 Å². The quantitative estimate of drug-likeness (QED) is 0.178. The molecule has 3 aliphatic rings. The summed E-state index contributed by atoms with van der Waals surface area (Å²) in [7, 11) is -3.61. The number of ether oxygens (including phenoxy) is 5. The van der Waals surface area contributed by atoms with Gasteiger partial charge >= 0.3 is 10.4 Å². The summed E-state index contributed by atoms with van der Waals surface area (Å²) in [5.74, 6) is -0.697. The Balaban J connectivity index is 1.80. The Morgan fingerprint density at radius 1 is 1.14 bits per heavy atom. The molecule has 0 spiro atoms. The van der Waals surface area contributed by atoms with Crippen LogP contribution in [0.25, 0.3) is 0 Å². The van der Waals surface area contributed by atoms with Crippen molar-refractivity contribution < 1.29 is 66.2 Å². The van der Waals surface area contributed by atoms with Crippen LogP contribution in [0.3, 0.4) is 0 Å². The molecule has 0 saturated carbocycles. The fourth-order valence-corrected chi connectivity index (χ4v) is 4.20. The Kier molecular flexibility index (Phi) is 7.43. The molecule has 3 saturated heterocycles. The molecule has 29 heavy (non-hydrogen) atoms. The predicted molar refractivity (Wildman–Crippen MR) is 86.2 cm³/mol. The fraction of sp³-hybridized carbons (Fsp3) is 1.00. The first-order chi connectivity index (χ1) is 13.7. The van der Waals surface area contributed by atoms with Crippen LogP contribution in [-0.4, -0.2) is 104 Å². The average molecular weight is 448 g/mol. The van der Waals surface area contributed by atoms with E-state index in [0.29, 0.717) is 0 Å². The lowest BCUT2D eigenvalue weighted by atomic mass is 9.90. The van der Waals surface area contributed by atoms with E-state index in [2.05, 4.69) is 9.22 Å². The van der Waals surface area contributed by atoms with Gasteiger partial charge in [0.15, 0.2) is 24.8 Å². The van der Waals surface area contributed by atoms with E-state index in [4.69, 9.17) is 38.4 Å². The molecule has 3 aliphatic heterocycles. The largest absolute Gasteiger partial charge is 0.397 e. The smallest absolute Gasteiger partial charge is 0.394 e. The minimum Gasteiger partial charge on any atom is -0.394 e. The highest BCUT2D eigenvalue weighted by atomic mass is 32.3. The number of methoxy groups -OCH3 is 1. The third-order valence-electron chi connectivity index (χ3n) is 5.15. The van der Waals surface area contributed by atoms with Crippen LogP contribution in [0, 0.1) is 5.92 Å². The normalized spacial score (nSPS) is 45.4. The van der Waals surface area contributed by atoms with E-state index in [0.717, 1.165) is 0 Å². The molecule has 0 aromatic rings. The molecular formula is C14H24O14S. The molecule has 15 heteroatoms. The maximum absolute atomic E-state index is 11.2. The van der Waals surface area contributed by atoms with Crippen molar-refractivity contribution in [2.45, 2.75) is 62.2 Å². The number of hydrogen-bond donors (Lipinski definition) is 4. The summed E-state index contributed by atoms with van der Waals surface area (Å²) in [5, 5.41) is 32.0. The molecule has 3 fully saturated rings. The van der Waals surface area contributed by atoms with E-state index in [-0.39, 0.29) is 6.61 Å². The highest BCUT2D eigenvalue weighted by Gasteiger charge is 2.57. The average Bonchev–Trinajstić information content (AvgIpc) is 2.95. The zero-order valence-corrected chi connectivity index (χ0v) is 16.3. The number of hydrogen-bond acceptors (Lipinski definition) is 13. The molecular weight excluding hydrogens is 424 g/mol.